The average molecular weight is 304 g/mol. The van der Waals surface area contributed by atoms with Crippen molar-refractivity contribution in [2.75, 3.05) is 21.1 Å². The Kier molecular flexibility index (Phi) is 4.54. The van der Waals surface area contributed by atoms with E-state index >= 15 is 0 Å². The van der Waals surface area contributed by atoms with E-state index in [1.165, 1.54) is 0 Å². The van der Waals surface area contributed by atoms with Gasteiger partial charge in [-0.3, -0.25) is 0 Å². The van der Waals surface area contributed by atoms with Crippen LogP contribution in [0.3, 0.4) is 0 Å². The predicted octanol–water partition coefficient (Wildman–Crippen LogP) is 1.23. The van der Waals surface area contributed by atoms with Crippen LogP contribution in [0, 0.1) is 0 Å². The molecule has 5 heteroatoms. The number of benzene rings is 1. The van der Waals surface area contributed by atoms with E-state index in [1.54, 1.807) is 36.2 Å². The fourth-order valence-electron chi connectivity index (χ4n) is 1.17. The molecular formula is C11H13ClN2OSe. The SMILES string of the molecule is CN(C)C(=[Se])N(C)C(=O)c1ccc(Cl)cc1. The second-order valence-corrected chi connectivity index (χ2v) is 4.75. The molecule has 0 bridgehead atoms. The van der Waals surface area contributed by atoms with Crippen molar-refractivity contribution in [2.24, 2.45) is 0 Å². The van der Waals surface area contributed by atoms with Crippen LogP contribution in [-0.4, -0.2) is 57.1 Å². The number of rotatable bonds is 3. The Hall–Kier alpha value is -0.831. The zero-order chi connectivity index (χ0) is 12.3. The van der Waals surface area contributed by atoms with Crippen LogP contribution in [0.5, 0.6) is 0 Å². The molecule has 0 aliphatic rings. The van der Waals surface area contributed by atoms with Gasteiger partial charge in [0.2, 0.25) is 0 Å². The molecule has 1 rings (SSSR count). The van der Waals surface area contributed by atoms with Crippen molar-refractivity contribution in [1.29, 1.82) is 0 Å². The predicted molar refractivity (Wildman–Crippen MR) is 68.0 cm³/mol. The molecule has 0 saturated carbocycles. The molecular weight excluding hydrogens is 291 g/mol. The summed E-state index contributed by atoms with van der Waals surface area (Å²) in [5.74, 6) is -0.0703. The Morgan fingerprint density at radius 3 is 2.12 bits per heavy atom. The van der Waals surface area contributed by atoms with Crippen LogP contribution in [0.1, 0.15) is 10.4 Å². The normalized spacial score (nSPS) is 9.75. The molecule has 0 aliphatic heterocycles. The van der Waals surface area contributed by atoms with Crippen molar-refractivity contribution in [3.8, 4) is 0 Å². The first kappa shape index (κ1) is 13.2. The maximum absolute atomic E-state index is 12.0. The van der Waals surface area contributed by atoms with Gasteiger partial charge in [0.1, 0.15) is 0 Å². The first-order valence-electron chi connectivity index (χ1n) is 4.68. The van der Waals surface area contributed by atoms with Crippen LogP contribution in [0.2, 0.25) is 5.02 Å². The summed E-state index contributed by atoms with van der Waals surface area (Å²) >= 11 is 8.62. The van der Waals surface area contributed by atoms with Crippen LogP contribution >= 0.6 is 11.6 Å². The quantitative estimate of drug-likeness (QED) is 0.784. The molecule has 1 aromatic carbocycles. The number of hydrogen-bond donors (Lipinski definition) is 0. The third-order valence-electron chi connectivity index (χ3n) is 2.07. The molecule has 0 aromatic heterocycles. The number of carbonyl (C=O) groups excluding carboxylic acids is 1. The summed E-state index contributed by atoms with van der Waals surface area (Å²) < 4.78 is 0.764. The number of halogens is 1. The Morgan fingerprint density at radius 2 is 1.69 bits per heavy atom. The molecule has 0 heterocycles. The molecule has 16 heavy (non-hydrogen) atoms. The van der Waals surface area contributed by atoms with Crippen LogP contribution in [0.15, 0.2) is 24.3 Å². The van der Waals surface area contributed by atoms with Crippen LogP contribution in [-0.2, 0) is 0 Å². The van der Waals surface area contributed by atoms with Crippen molar-refractivity contribution >= 4 is 37.7 Å². The van der Waals surface area contributed by atoms with Crippen LogP contribution < -0.4 is 0 Å². The van der Waals surface area contributed by atoms with Gasteiger partial charge in [0.15, 0.2) is 0 Å². The molecule has 0 radical (unpaired) electrons. The molecule has 0 aliphatic carbocycles. The Balaban J connectivity index is 2.86. The summed E-state index contributed by atoms with van der Waals surface area (Å²) in [5.41, 5.74) is 0.613. The van der Waals surface area contributed by atoms with E-state index in [2.05, 4.69) is 15.6 Å². The Morgan fingerprint density at radius 1 is 1.19 bits per heavy atom. The van der Waals surface area contributed by atoms with E-state index in [4.69, 9.17) is 11.6 Å². The van der Waals surface area contributed by atoms with E-state index in [0.29, 0.717) is 10.6 Å². The van der Waals surface area contributed by atoms with Crippen molar-refractivity contribution in [3.63, 3.8) is 0 Å². The minimum atomic E-state index is -0.0703. The van der Waals surface area contributed by atoms with E-state index in [1.807, 2.05) is 19.0 Å². The molecule has 1 aromatic rings. The second-order valence-electron chi connectivity index (χ2n) is 3.55. The summed E-state index contributed by atoms with van der Waals surface area (Å²) in [6, 6.07) is 6.84. The van der Waals surface area contributed by atoms with Gasteiger partial charge < -0.3 is 0 Å². The summed E-state index contributed by atoms with van der Waals surface area (Å²) in [6.45, 7) is 0. The Bertz CT molecular complexity index is 403. The van der Waals surface area contributed by atoms with Gasteiger partial charge >= 0.3 is 108 Å². The molecule has 0 spiro atoms. The summed E-state index contributed by atoms with van der Waals surface area (Å²) in [4.78, 5) is 15.4. The van der Waals surface area contributed by atoms with Gasteiger partial charge in [-0.25, -0.2) is 0 Å². The molecule has 86 valence electrons. The zero-order valence-electron chi connectivity index (χ0n) is 9.40. The summed E-state index contributed by atoms with van der Waals surface area (Å²) in [5, 5.41) is 0.624. The summed E-state index contributed by atoms with van der Waals surface area (Å²) in [6.07, 6.45) is 0. The van der Waals surface area contributed by atoms with E-state index in [-0.39, 0.29) is 5.91 Å². The zero-order valence-corrected chi connectivity index (χ0v) is 11.9. The first-order valence-corrected chi connectivity index (χ1v) is 5.92. The van der Waals surface area contributed by atoms with Crippen LogP contribution in [0.4, 0.5) is 0 Å². The molecule has 0 fully saturated rings. The third-order valence-corrected chi connectivity index (χ3v) is 3.66. The molecule has 0 saturated heterocycles. The minimum absolute atomic E-state index is 0.0703. The van der Waals surface area contributed by atoms with Crippen molar-refractivity contribution < 1.29 is 4.79 Å². The van der Waals surface area contributed by atoms with Crippen molar-refractivity contribution in [2.45, 2.75) is 0 Å². The van der Waals surface area contributed by atoms with E-state index in [0.717, 1.165) is 4.67 Å². The second kappa shape index (κ2) is 5.48. The molecule has 0 atom stereocenters. The third kappa shape index (κ3) is 3.08. The molecule has 0 N–H and O–H groups in total. The molecule has 3 nitrogen and oxygen atoms in total. The van der Waals surface area contributed by atoms with Gasteiger partial charge in [-0.2, -0.15) is 0 Å². The fraction of sp³-hybridized carbons (Fsp3) is 0.273. The topological polar surface area (TPSA) is 23.6 Å². The summed E-state index contributed by atoms with van der Waals surface area (Å²) in [7, 11) is 5.47. The number of amides is 1. The number of hydrogen-bond acceptors (Lipinski definition) is 2. The number of nitrogens with zero attached hydrogens (tertiary/aromatic N) is 2. The van der Waals surface area contributed by atoms with Crippen molar-refractivity contribution in [3.05, 3.63) is 34.9 Å². The monoisotopic (exact) mass is 304 g/mol. The van der Waals surface area contributed by atoms with E-state index < -0.39 is 0 Å². The number of carbonyl (C=O) groups is 1. The first-order chi connectivity index (χ1) is 7.43. The average Bonchev–Trinajstić information content (AvgIpc) is 2.27. The van der Waals surface area contributed by atoms with Gasteiger partial charge in [0.25, 0.3) is 0 Å². The molecule has 0 unspecified atom stereocenters. The fourth-order valence-corrected chi connectivity index (χ4v) is 1.47. The van der Waals surface area contributed by atoms with Gasteiger partial charge in [-0.15, -0.1) is 0 Å². The van der Waals surface area contributed by atoms with Gasteiger partial charge in [-0.05, 0) is 0 Å². The Labute approximate surface area is 108 Å². The molecule has 1 amide bonds. The van der Waals surface area contributed by atoms with Gasteiger partial charge in [0.05, 0.1) is 0 Å². The maximum atomic E-state index is 12.0. The van der Waals surface area contributed by atoms with Gasteiger partial charge in [0, 0.05) is 0 Å². The standard InChI is InChI=1S/C11H13ClN2OSe/c1-13(2)11(16)14(3)10(15)8-4-6-9(12)7-5-8/h4-7H,1-3H3. The van der Waals surface area contributed by atoms with E-state index in [9.17, 15) is 4.79 Å². The van der Waals surface area contributed by atoms with Gasteiger partial charge in [-0.1, -0.05) is 0 Å². The van der Waals surface area contributed by atoms with Crippen molar-refractivity contribution in [1.82, 2.24) is 9.80 Å². The van der Waals surface area contributed by atoms with Crippen LogP contribution in [0.25, 0.3) is 0 Å².